The van der Waals surface area contributed by atoms with Crippen LogP contribution in [-0.4, -0.2) is 37.2 Å². The van der Waals surface area contributed by atoms with Gasteiger partial charge in [0.1, 0.15) is 33.5 Å². The van der Waals surface area contributed by atoms with Crippen molar-refractivity contribution in [3.8, 4) is 11.5 Å². The topological polar surface area (TPSA) is 18.5 Å². The third kappa shape index (κ3) is 17.8. The Morgan fingerprint density at radius 3 is 1.05 bits per heavy atom. The average molecular weight is 707 g/mol. The molecule has 0 aromatic heterocycles. The predicted molar refractivity (Wildman–Crippen MR) is 151 cm³/mol. The van der Waals surface area contributed by atoms with Gasteiger partial charge in [-0.15, -0.1) is 0 Å². The first kappa shape index (κ1) is 36.9. The molecule has 2 aliphatic heterocycles. The van der Waals surface area contributed by atoms with E-state index in [9.17, 15) is 50.4 Å². The molecule has 0 N–H and O–H groups in total. The Hall–Kier alpha value is -1.24. The fraction of sp³-hybridized carbons (Fsp3) is 0.500. The summed E-state index contributed by atoms with van der Waals surface area (Å²) in [4.78, 5) is 0. The number of ether oxygens (including phenoxy) is 2. The fourth-order valence-electron chi connectivity index (χ4n) is 4.58. The van der Waals surface area contributed by atoms with E-state index in [-0.39, 0.29) is 0 Å². The average Bonchev–Trinajstić information content (AvgIpc) is 3.48. The third-order valence-electron chi connectivity index (χ3n) is 6.13. The van der Waals surface area contributed by atoms with Crippen LogP contribution in [0.15, 0.2) is 48.5 Å². The van der Waals surface area contributed by atoms with Crippen LogP contribution in [0.3, 0.4) is 0 Å². The molecule has 0 spiro atoms. The van der Waals surface area contributed by atoms with Crippen LogP contribution in [0.25, 0.3) is 0 Å². The monoisotopic (exact) mass is 706 g/mol. The van der Waals surface area contributed by atoms with Crippen molar-refractivity contribution >= 4 is 37.4 Å². The zero-order chi connectivity index (χ0) is 32.2. The molecular formula is C24H32F12O2P2S2. The van der Waals surface area contributed by atoms with Gasteiger partial charge < -0.3 is 9.47 Å². The van der Waals surface area contributed by atoms with E-state index >= 15 is 0 Å². The van der Waals surface area contributed by atoms with Gasteiger partial charge in [0, 0.05) is 24.0 Å². The summed E-state index contributed by atoms with van der Waals surface area (Å²) in [7, 11) is -16.7. The van der Waals surface area contributed by atoms with Gasteiger partial charge in [-0.2, -0.15) is 0 Å². The first-order valence-electron chi connectivity index (χ1n) is 12.4. The molecule has 2 heterocycles. The molecule has 0 aliphatic carbocycles. The third-order valence-corrected chi connectivity index (χ3v) is 12.1. The van der Waals surface area contributed by atoms with Gasteiger partial charge in [0.15, 0.2) is 11.5 Å². The van der Waals surface area contributed by atoms with Crippen molar-refractivity contribution in [2.24, 2.45) is 0 Å². The van der Waals surface area contributed by atoms with E-state index in [1.807, 2.05) is 0 Å². The van der Waals surface area contributed by atoms with Crippen molar-refractivity contribution in [2.75, 3.05) is 37.2 Å². The number of hydrogen-bond donors (Lipinski definition) is 0. The number of rotatable bonds is 7. The normalized spacial score (nSPS) is 25.8. The first-order chi connectivity index (χ1) is 18.7. The minimum absolute atomic E-state index is 0.549. The summed E-state index contributed by atoms with van der Waals surface area (Å²) in [6.07, 6.45) is 5.53. The molecule has 2 fully saturated rings. The second kappa shape index (κ2) is 11.9. The molecule has 4 atom stereocenters. The predicted octanol–water partition coefficient (Wildman–Crippen LogP) is 12.1. The van der Waals surface area contributed by atoms with Crippen LogP contribution in [0.5, 0.6) is 11.5 Å². The molecular weight excluding hydrogens is 674 g/mol. The Morgan fingerprint density at radius 2 is 0.810 bits per heavy atom. The number of methoxy groups -OCH3 is 2. The van der Waals surface area contributed by atoms with E-state index in [0.29, 0.717) is 21.8 Å². The van der Waals surface area contributed by atoms with E-state index < -0.39 is 15.6 Å². The summed E-state index contributed by atoms with van der Waals surface area (Å²) < 4.78 is 129. The second-order valence-corrected chi connectivity index (χ2v) is 18.4. The van der Waals surface area contributed by atoms with Crippen LogP contribution in [0.2, 0.25) is 0 Å². The minimum atomic E-state index is -10.7. The van der Waals surface area contributed by atoms with Crippen LogP contribution in [0, 0.1) is 0 Å². The van der Waals surface area contributed by atoms with Gasteiger partial charge in [-0.25, -0.2) is 0 Å². The second-order valence-electron chi connectivity index (χ2n) is 9.62. The van der Waals surface area contributed by atoms with Crippen molar-refractivity contribution in [3.63, 3.8) is 0 Å². The van der Waals surface area contributed by atoms with Gasteiger partial charge in [-0.05, 0) is 58.9 Å². The van der Waals surface area contributed by atoms with Crippen LogP contribution in [-0.2, 0) is 21.8 Å². The maximum absolute atomic E-state index is 10.7. The maximum atomic E-state index is 9.87. The Morgan fingerprint density at radius 1 is 0.548 bits per heavy atom. The molecule has 246 valence electrons. The molecule has 0 amide bonds. The molecule has 4 rings (SSSR count). The Bertz CT molecular complexity index is 1040. The number of benzene rings is 2. The summed E-state index contributed by atoms with van der Waals surface area (Å²) in [5, 5.41) is 1.55. The van der Waals surface area contributed by atoms with Crippen LogP contribution < -0.4 is 9.47 Å². The van der Waals surface area contributed by atoms with Gasteiger partial charge in [0.05, 0.1) is 14.2 Å². The molecule has 4 unspecified atom stereocenters. The standard InChI is InChI=1S/C24H32O2S2.2F6P/c1-25-21-11-7-19(8-12-21)23-5-3-15-27(23)17-18-28-16-4-6-24(28)20-9-13-22(26-2)14-10-20;2*1-7(2,3,4,5)6/h7-14,23-24H,3-6,15-18H2,1-2H3;;/q+2;2*-1. The summed E-state index contributed by atoms with van der Waals surface area (Å²) in [6, 6.07) is 17.7. The first-order valence-corrected chi connectivity index (χ1v) is 19.7. The molecule has 2 aromatic carbocycles. The van der Waals surface area contributed by atoms with E-state index in [1.54, 1.807) is 14.2 Å². The Balaban J connectivity index is 0.000000367. The van der Waals surface area contributed by atoms with E-state index in [2.05, 4.69) is 48.5 Å². The molecule has 2 aliphatic rings. The van der Waals surface area contributed by atoms with Crippen molar-refractivity contribution < 1.29 is 59.8 Å². The van der Waals surface area contributed by atoms with Crippen LogP contribution >= 0.6 is 15.6 Å². The Labute approximate surface area is 241 Å². The van der Waals surface area contributed by atoms with E-state index in [4.69, 9.17) is 9.47 Å². The number of halogens is 12. The quantitative estimate of drug-likeness (QED) is 0.162. The fourth-order valence-corrected chi connectivity index (χ4v) is 11.0. The molecule has 2 saturated heterocycles. The van der Waals surface area contributed by atoms with E-state index in [0.717, 1.165) is 22.0 Å². The number of hydrogen-bond acceptors (Lipinski definition) is 2. The summed E-state index contributed by atoms with van der Waals surface area (Å²) in [6.45, 7) is 0. The SMILES string of the molecule is COc1ccc(C2CCC[S+]2CC[S+]2CCCC2c2ccc(OC)cc2)cc1.F[P-](F)(F)(F)(F)F.F[P-](F)(F)(F)(F)F. The van der Waals surface area contributed by atoms with Crippen molar-refractivity contribution in [3.05, 3.63) is 59.7 Å². The van der Waals surface area contributed by atoms with Crippen LogP contribution in [0.1, 0.15) is 47.3 Å². The zero-order valence-corrected chi connectivity index (χ0v) is 25.9. The summed E-state index contributed by atoms with van der Waals surface area (Å²) in [5.41, 5.74) is 3.06. The Kier molecular flexibility index (Phi) is 10.5. The molecule has 2 nitrogen and oxygen atoms in total. The molecule has 0 saturated carbocycles. The summed E-state index contributed by atoms with van der Waals surface area (Å²) >= 11 is 0. The zero-order valence-electron chi connectivity index (χ0n) is 22.5. The van der Waals surface area contributed by atoms with Crippen molar-refractivity contribution in [1.29, 1.82) is 0 Å². The van der Waals surface area contributed by atoms with Gasteiger partial charge in [0.2, 0.25) is 0 Å². The molecule has 2 aromatic rings. The molecule has 18 heteroatoms. The van der Waals surface area contributed by atoms with Crippen molar-refractivity contribution in [2.45, 2.75) is 36.2 Å². The summed E-state index contributed by atoms with van der Waals surface area (Å²) in [5.74, 6) is 7.65. The molecule has 42 heavy (non-hydrogen) atoms. The molecule has 0 bridgehead atoms. The van der Waals surface area contributed by atoms with Crippen molar-refractivity contribution in [1.82, 2.24) is 0 Å². The molecule has 0 radical (unpaired) electrons. The van der Waals surface area contributed by atoms with Crippen LogP contribution in [0.4, 0.5) is 50.4 Å². The van der Waals surface area contributed by atoms with Gasteiger partial charge in [-0.1, -0.05) is 24.3 Å². The van der Waals surface area contributed by atoms with Gasteiger partial charge >= 0.3 is 66.0 Å². The van der Waals surface area contributed by atoms with Gasteiger partial charge in [0.25, 0.3) is 0 Å². The van der Waals surface area contributed by atoms with Gasteiger partial charge in [-0.3, -0.25) is 0 Å². The van der Waals surface area contributed by atoms with E-state index in [1.165, 1.54) is 59.8 Å².